The normalized spacial score (nSPS) is 15.5. The van der Waals surface area contributed by atoms with E-state index in [2.05, 4.69) is 25.1 Å². The Morgan fingerprint density at radius 2 is 1.38 bits per heavy atom. The first-order valence-electron chi connectivity index (χ1n) is 16.0. The van der Waals surface area contributed by atoms with Crippen molar-refractivity contribution in [2.24, 2.45) is 5.92 Å². The highest BCUT2D eigenvalue weighted by molar-refractivity contribution is 5.92. The third-order valence-electron chi connectivity index (χ3n) is 8.60. The van der Waals surface area contributed by atoms with Gasteiger partial charge in [-0.25, -0.2) is 4.79 Å². The number of carbonyl (C=O) groups excluding carboxylic acids is 3. The van der Waals surface area contributed by atoms with E-state index < -0.39 is 23.8 Å². The smallest absolute Gasteiger partial charge is 0.410 e. The zero-order valence-electron chi connectivity index (χ0n) is 28.0. The molecule has 242 valence electrons. The van der Waals surface area contributed by atoms with E-state index >= 15 is 0 Å². The number of benzene rings is 3. The van der Waals surface area contributed by atoms with Gasteiger partial charge < -0.3 is 19.4 Å². The van der Waals surface area contributed by atoms with E-state index in [-0.39, 0.29) is 18.2 Å². The molecule has 0 radical (unpaired) electrons. The number of nitrogens with zero attached hydrogens (tertiary/aromatic N) is 4. The van der Waals surface area contributed by atoms with E-state index in [1.807, 2.05) is 71.6 Å². The van der Waals surface area contributed by atoms with Gasteiger partial charge in [-0.2, -0.15) is 0 Å². The summed E-state index contributed by atoms with van der Waals surface area (Å²) in [4.78, 5) is 49.1. The topological polar surface area (TPSA) is 73.4 Å². The van der Waals surface area contributed by atoms with Crippen molar-refractivity contribution in [1.29, 1.82) is 0 Å². The molecule has 0 saturated carbocycles. The highest BCUT2D eigenvalue weighted by Gasteiger charge is 2.38. The van der Waals surface area contributed by atoms with E-state index in [0.717, 1.165) is 41.3 Å². The van der Waals surface area contributed by atoms with Gasteiger partial charge in [0.1, 0.15) is 17.7 Å². The highest BCUT2D eigenvalue weighted by atomic mass is 16.6. The molecule has 1 saturated heterocycles. The summed E-state index contributed by atoms with van der Waals surface area (Å²) < 4.78 is 5.69. The molecule has 3 aromatic rings. The van der Waals surface area contributed by atoms with Crippen LogP contribution >= 0.6 is 0 Å². The van der Waals surface area contributed by atoms with E-state index in [1.54, 1.807) is 39.8 Å². The molecular formula is C37H50N4O4. The molecule has 1 aliphatic rings. The van der Waals surface area contributed by atoms with Crippen LogP contribution in [-0.4, -0.2) is 103 Å². The van der Waals surface area contributed by atoms with Gasteiger partial charge in [0.05, 0.1) is 0 Å². The summed E-state index contributed by atoms with van der Waals surface area (Å²) in [6, 6.07) is 22.4. The third-order valence-corrected chi connectivity index (χ3v) is 8.60. The number of hydrogen-bond acceptors (Lipinski definition) is 5. The Hall–Kier alpha value is -3.91. The van der Waals surface area contributed by atoms with Gasteiger partial charge in [0.25, 0.3) is 0 Å². The van der Waals surface area contributed by atoms with E-state index in [9.17, 15) is 14.4 Å². The first-order chi connectivity index (χ1) is 21.3. The van der Waals surface area contributed by atoms with Gasteiger partial charge in [-0.1, -0.05) is 72.8 Å². The Bertz CT molecular complexity index is 1440. The number of piperidine rings is 1. The van der Waals surface area contributed by atoms with Crippen LogP contribution in [0.15, 0.2) is 72.8 Å². The summed E-state index contributed by atoms with van der Waals surface area (Å²) in [5.41, 5.74) is 1.17. The average molecular weight is 615 g/mol. The largest absolute Gasteiger partial charge is 0.444 e. The molecule has 0 aromatic heterocycles. The molecule has 1 heterocycles. The molecule has 0 aliphatic carbocycles. The van der Waals surface area contributed by atoms with Gasteiger partial charge in [0.15, 0.2) is 0 Å². The van der Waals surface area contributed by atoms with Crippen LogP contribution in [0.1, 0.15) is 44.7 Å². The zero-order chi connectivity index (χ0) is 32.7. The fraction of sp³-hybridized carbons (Fsp3) is 0.486. The number of ether oxygens (including phenoxy) is 1. The number of amides is 3. The summed E-state index contributed by atoms with van der Waals surface area (Å²) in [6.45, 7) is 7.76. The van der Waals surface area contributed by atoms with Crippen molar-refractivity contribution >= 4 is 28.7 Å². The Morgan fingerprint density at radius 1 is 0.778 bits per heavy atom. The minimum absolute atomic E-state index is 0.0533. The Kier molecular flexibility index (Phi) is 11.3. The SMILES string of the molecule is CN(C)CC1CCN(C(=O)C(Cc2ccccc2)N(C)C(=O)C(Cc2ccc3ccccc3c2)N(C)C(=O)OC(C)(C)C)CC1. The lowest BCUT2D eigenvalue weighted by Crippen LogP contribution is -2.57. The second kappa shape index (κ2) is 14.9. The van der Waals surface area contributed by atoms with Crippen molar-refractivity contribution < 1.29 is 19.1 Å². The van der Waals surface area contributed by atoms with Gasteiger partial charge in [-0.3, -0.25) is 14.5 Å². The summed E-state index contributed by atoms with van der Waals surface area (Å²) in [7, 11) is 7.46. The van der Waals surface area contributed by atoms with Crippen molar-refractivity contribution in [3.05, 3.63) is 83.9 Å². The molecule has 2 unspecified atom stereocenters. The quantitative estimate of drug-likeness (QED) is 0.302. The van der Waals surface area contributed by atoms with Crippen molar-refractivity contribution in [2.45, 2.75) is 64.1 Å². The van der Waals surface area contributed by atoms with Crippen LogP contribution in [-0.2, 0) is 27.2 Å². The molecule has 4 rings (SSSR count). The van der Waals surface area contributed by atoms with E-state index in [0.29, 0.717) is 25.4 Å². The highest BCUT2D eigenvalue weighted by Crippen LogP contribution is 2.24. The Labute approximate surface area is 268 Å². The van der Waals surface area contributed by atoms with Gasteiger partial charge in [0.2, 0.25) is 11.8 Å². The van der Waals surface area contributed by atoms with Crippen LogP contribution in [0.3, 0.4) is 0 Å². The summed E-state index contributed by atoms with van der Waals surface area (Å²) in [5, 5.41) is 2.16. The zero-order valence-corrected chi connectivity index (χ0v) is 28.0. The predicted molar refractivity (Wildman–Crippen MR) is 180 cm³/mol. The number of likely N-dealkylation sites (N-methyl/N-ethyl adjacent to an activating group) is 2. The standard InChI is InChI=1S/C37H50N4O4/c1-37(2,3)45-36(44)40(7)32(25-29-17-18-30-15-11-12-16-31(30)23-29)34(42)39(6)33(24-27-13-9-8-10-14-27)35(43)41-21-19-28(20-22-41)26-38(4)5/h8-18,23,28,32-33H,19-22,24-26H2,1-7H3. The van der Waals surface area contributed by atoms with Crippen LogP contribution in [0.25, 0.3) is 10.8 Å². The maximum absolute atomic E-state index is 14.5. The Balaban J connectivity index is 1.63. The monoisotopic (exact) mass is 614 g/mol. The number of carbonyl (C=O) groups is 3. The first kappa shape index (κ1) is 34.0. The van der Waals surface area contributed by atoms with Crippen LogP contribution in [0.5, 0.6) is 0 Å². The van der Waals surface area contributed by atoms with Gasteiger partial charge in [-0.05, 0) is 75.5 Å². The van der Waals surface area contributed by atoms with Crippen LogP contribution in [0.2, 0.25) is 0 Å². The molecule has 1 fully saturated rings. The molecular weight excluding hydrogens is 564 g/mol. The second-order valence-corrected chi connectivity index (χ2v) is 13.7. The van der Waals surface area contributed by atoms with Crippen LogP contribution in [0.4, 0.5) is 4.79 Å². The number of fused-ring (bicyclic) bond motifs is 1. The second-order valence-electron chi connectivity index (χ2n) is 13.7. The molecule has 0 bridgehead atoms. The molecule has 45 heavy (non-hydrogen) atoms. The van der Waals surface area contributed by atoms with Crippen molar-refractivity contribution in [2.75, 3.05) is 47.8 Å². The van der Waals surface area contributed by atoms with Crippen molar-refractivity contribution in [3.63, 3.8) is 0 Å². The number of rotatable bonds is 10. The minimum Gasteiger partial charge on any atom is -0.444 e. The molecule has 2 atom stereocenters. The fourth-order valence-corrected chi connectivity index (χ4v) is 6.12. The van der Waals surface area contributed by atoms with E-state index in [1.165, 1.54) is 4.90 Å². The number of hydrogen-bond donors (Lipinski definition) is 0. The van der Waals surface area contributed by atoms with Crippen LogP contribution < -0.4 is 0 Å². The maximum Gasteiger partial charge on any atom is 0.410 e. The molecule has 0 N–H and O–H groups in total. The Morgan fingerprint density at radius 3 is 2.00 bits per heavy atom. The minimum atomic E-state index is -0.872. The lowest BCUT2D eigenvalue weighted by Gasteiger charge is -2.39. The molecule has 8 heteroatoms. The van der Waals surface area contributed by atoms with Gasteiger partial charge >= 0.3 is 6.09 Å². The van der Waals surface area contributed by atoms with Gasteiger partial charge in [0, 0.05) is 46.6 Å². The molecule has 0 spiro atoms. The van der Waals surface area contributed by atoms with Gasteiger partial charge in [-0.15, -0.1) is 0 Å². The molecule has 3 aromatic carbocycles. The van der Waals surface area contributed by atoms with E-state index in [4.69, 9.17) is 4.74 Å². The molecule has 8 nitrogen and oxygen atoms in total. The molecule has 3 amide bonds. The average Bonchev–Trinajstić information content (AvgIpc) is 3.01. The summed E-state index contributed by atoms with van der Waals surface area (Å²) >= 11 is 0. The lowest BCUT2D eigenvalue weighted by molar-refractivity contribution is -0.147. The summed E-state index contributed by atoms with van der Waals surface area (Å²) in [6.07, 6.45) is 1.96. The van der Waals surface area contributed by atoms with Crippen LogP contribution in [0, 0.1) is 5.92 Å². The molecule has 1 aliphatic heterocycles. The van der Waals surface area contributed by atoms with Crippen molar-refractivity contribution in [1.82, 2.24) is 19.6 Å². The first-order valence-corrected chi connectivity index (χ1v) is 16.0. The number of likely N-dealkylation sites (tertiary alicyclic amines) is 1. The maximum atomic E-state index is 14.5. The third kappa shape index (κ3) is 9.30. The fourth-order valence-electron chi connectivity index (χ4n) is 6.12. The predicted octanol–water partition coefficient (Wildman–Crippen LogP) is 5.49. The summed E-state index contributed by atoms with van der Waals surface area (Å²) in [5.74, 6) is 0.195. The lowest BCUT2D eigenvalue weighted by atomic mass is 9.94. The van der Waals surface area contributed by atoms with Crippen molar-refractivity contribution in [3.8, 4) is 0 Å².